The standard InChI is InChI=1S/C43H40O9/c1-3-46-42(2)51-38-37(50-40(45)31-21-11-5-12-22-31)36(49-39(44)30-19-9-4-10-20-30)35(48-41(38)52-42)29-47-43(32-23-13-6-14-24-32,33-25-15-7-16-26-33)34-27-17-8-18-28-34/h4-28,35-38,41H,3,29H2,1-2H3/t35-,36+,37+,38-,41+,42-/m0/s1. The van der Waals surface area contributed by atoms with E-state index in [1.54, 1.807) is 67.6 Å². The largest absolute Gasteiger partial charge is 0.452 e. The van der Waals surface area contributed by atoms with Gasteiger partial charge in [-0.05, 0) is 47.9 Å². The Hall–Kier alpha value is -5.16. The fourth-order valence-electron chi connectivity index (χ4n) is 6.83. The molecule has 2 fully saturated rings. The molecule has 52 heavy (non-hydrogen) atoms. The number of rotatable bonds is 12. The quantitative estimate of drug-likeness (QED) is 0.0981. The summed E-state index contributed by atoms with van der Waals surface area (Å²) in [4.78, 5) is 27.5. The number of hydrogen-bond acceptors (Lipinski definition) is 9. The summed E-state index contributed by atoms with van der Waals surface area (Å²) in [6, 6.07) is 46.9. The molecule has 0 amide bonds. The van der Waals surface area contributed by atoms with Gasteiger partial charge in [-0.1, -0.05) is 127 Å². The summed E-state index contributed by atoms with van der Waals surface area (Å²) in [5.41, 5.74) is 2.11. The Morgan fingerprint density at radius 3 is 1.48 bits per heavy atom. The number of esters is 2. The Labute approximate surface area is 303 Å². The molecule has 5 aromatic rings. The molecule has 0 bridgehead atoms. The first kappa shape index (κ1) is 35.3. The molecule has 2 saturated heterocycles. The van der Waals surface area contributed by atoms with Crippen LogP contribution >= 0.6 is 0 Å². The lowest BCUT2D eigenvalue weighted by Crippen LogP contribution is -2.61. The molecule has 2 aliphatic rings. The van der Waals surface area contributed by atoms with Crippen LogP contribution in [0.5, 0.6) is 0 Å². The highest BCUT2D eigenvalue weighted by Gasteiger charge is 2.60. The molecular weight excluding hydrogens is 660 g/mol. The zero-order chi connectivity index (χ0) is 36.0. The van der Waals surface area contributed by atoms with Gasteiger partial charge in [-0.2, -0.15) is 0 Å². The summed E-state index contributed by atoms with van der Waals surface area (Å²) in [7, 11) is 0. The van der Waals surface area contributed by atoms with E-state index in [1.807, 2.05) is 97.9 Å². The van der Waals surface area contributed by atoms with Crippen molar-refractivity contribution in [2.45, 2.75) is 56.1 Å². The van der Waals surface area contributed by atoms with E-state index in [0.29, 0.717) is 11.1 Å². The molecular formula is C43H40O9. The van der Waals surface area contributed by atoms with Crippen LogP contribution in [-0.4, -0.2) is 61.8 Å². The summed E-state index contributed by atoms with van der Waals surface area (Å²) in [6.07, 6.45) is -5.48. The van der Waals surface area contributed by atoms with Crippen LogP contribution in [0.3, 0.4) is 0 Å². The second-order valence-electron chi connectivity index (χ2n) is 12.6. The molecule has 0 aromatic heterocycles. The lowest BCUT2D eigenvalue weighted by Gasteiger charge is -2.43. The molecule has 0 N–H and O–H groups in total. The van der Waals surface area contributed by atoms with Gasteiger partial charge in [0.25, 0.3) is 5.97 Å². The molecule has 5 aromatic carbocycles. The Morgan fingerprint density at radius 1 is 0.615 bits per heavy atom. The monoisotopic (exact) mass is 700 g/mol. The first-order chi connectivity index (χ1) is 25.4. The highest BCUT2D eigenvalue weighted by Crippen LogP contribution is 2.43. The molecule has 9 nitrogen and oxygen atoms in total. The molecule has 9 heteroatoms. The Morgan fingerprint density at radius 2 is 1.04 bits per heavy atom. The van der Waals surface area contributed by atoms with Crippen LogP contribution in [0.4, 0.5) is 0 Å². The molecule has 2 aliphatic heterocycles. The second kappa shape index (κ2) is 15.6. The summed E-state index contributed by atoms with van der Waals surface area (Å²) in [5.74, 6) is -2.79. The van der Waals surface area contributed by atoms with Crippen LogP contribution < -0.4 is 0 Å². The van der Waals surface area contributed by atoms with Gasteiger partial charge < -0.3 is 28.4 Å². The Kier molecular flexibility index (Phi) is 10.6. The summed E-state index contributed by atoms with van der Waals surface area (Å²) in [6.45, 7) is 3.58. The molecule has 6 atom stereocenters. The Bertz CT molecular complexity index is 1810. The number of ether oxygens (including phenoxy) is 7. The van der Waals surface area contributed by atoms with Gasteiger partial charge >= 0.3 is 11.9 Å². The van der Waals surface area contributed by atoms with Gasteiger partial charge in [0.1, 0.15) is 11.7 Å². The van der Waals surface area contributed by atoms with Crippen molar-refractivity contribution in [3.05, 3.63) is 179 Å². The fraction of sp³-hybridized carbons (Fsp3) is 0.256. The first-order valence-corrected chi connectivity index (χ1v) is 17.4. The highest BCUT2D eigenvalue weighted by atomic mass is 16.9. The molecule has 0 saturated carbocycles. The minimum atomic E-state index is -1.52. The van der Waals surface area contributed by atoms with Gasteiger partial charge in [0.05, 0.1) is 17.7 Å². The van der Waals surface area contributed by atoms with E-state index in [-0.39, 0.29) is 13.2 Å². The maximum absolute atomic E-state index is 13.8. The normalized spacial score (nSPS) is 24.1. The third-order valence-corrected chi connectivity index (χ3v) is 9.19. The van der Waals surface area contributed by atoms with Gasteiger partial charge in [-0.3, -0.25) is 4.74 Å². The van der Waals surface area contributed by atoms with Gasteiger partial charge in [0.2, 0.25) is 0 Å². The van der Waals surface area contributed by atoms with Gasteiger partial charge in [-0.15, -0.1) is 0 Å². The zero-order valence-electron chi connectivity index (χ0n) is 28.9. The van der Waals surface area contributed by atoms with Crippen molar-refractivity contribution in [1.29, 1.82) is 0 Å². The van der Waals surface area contributed by atoms with E-state index in [2.05, 4.69) is 0 Å². The van der Waals surface area contributed by atoms with Crippen LogP contribution in [0.15, 0.2) is 152 Å². The molecule has 266 valence electrons. The lowest BCUT2D eigenvalue weighted by atomic mass is 9.80. The molecule has 0 radical (unpaired) electrons. The van der Waals surface area contributed by atoms with E-state index >= 15 is 0 Å². The van der Waals surface area contributed by atoms with E-state index < -0.39 is 54.2 Å². The molecule has 0 aliphatic carbocycles. The zero-order valence-corrected chi connectivity index (χ0v) is 28.9. The lowest BCUT2D eigenvalue weighted by molar-refractivity contribution is -0.343. The maximum atomic E-state index is 13.8. The number of benzene rings is 5. The maximum Gasteiger partial charge on any atom is 0.338 e. The van der Waals surface area contributed by atoms with Crippen molar-refractivity contribution in [2.24, 2.45) is 0 Å². The average Bonchev–Trinajstić information content (AvgIpc) is 3.53. The van der Waals surface area contributed by atoms with Crippen molar-refractivity contribution in [3.63, 3.8) is 0 Å². The van der Waals surface area contributed by atoms with Crippen molar-refractivity contribution >= 4 is 11.9 Å². The second-order valence-corrected chi connectivity index (χ2v) is 12.6. The van der Waals surface area contributed by atoms with Crippen molar-refractivity contribution in [2.75, 3.05) is 13.2 Å². The topological polar surface area (TPSA) is 98.8 Å². The number of hydrogen-bond donors (Lipinski definition) is 0. The fourth-order valence-corrected chi connectivity index (χ4v) is 6.83. The van der Waals surface area contributed by atoms with Crippen LogP contribution in [0.25, 0.3) is 0 Å². The molecule has 0 spiro atoms. The summed E-state index contributed by atoms with van der Waals surface area (Å²) < 4.78 is 44.5. The van der Waals surface area contributed by atoms with Crippen LogP contribution in [0.2, 0.25) is 0 Å². The van der Waals surface area contributed by atoms with Crippen molar-refractivity contribution < 1.29 is 42.7 Å². The first-order valence-electron chi connectivity index (χ1n) is 17.4. The van der Waals surface area contributed by atoms with Crippen molar-refractivity contribution in [1.82, 2.24) is 0 Å². The summed E-state index contributed by atoms with van der Waals surface area (Å²) in [5, 5.41) is 0. The minimum Gasteiger partial charge on any atom is -0.452 e. The van der Waals surface area contributed by atoms with Crippen LogP contribution in [0.1, 0.15) is 51.3 Å². The van der Waals surface area contributed by atoms with Crippen LogP contribution in [0, 0.1) is 0 Å². The number of fused-ring (bicyclic) bond motifs is 1. The van der Waals surface area contributed by atoms with E-state index in [9.17, 15) is 9.59 Å². The predicted molar refractivity (Wildman–Crippen MR) is 191 cm³/mol. The van der Waals surface area contributed by atoms with E-state index in [4.69, 9.17) is 33.2 Å². The highest BCUT2D eigenvalue weighted by molar-refractivity contribution is 5.90. The number of carbonyl (C=O) groups is 2. The minimum absolute atomic E-state index is 0.122. The van der Waals surface area contributed by atoms with Gasteiger partial charge in [-0.25, -0.2) is 9.59 Å². The third kappa shape index (κ3) is 7.27. The number of carbonyl (C=O) groups excluding carboxylic acids is 2. The SMILES string of the molecule is CCO[C@]1(C)O[C@H]2O[C@@H](COC(c3ccccc3)(c3ccccc3)c3ccccc3)[C@@H](OC(=O)c3ccccc3)[C@@H](OC(=O)c3ccccc3)[C@@H]2O1. The van der Waals surface area contributed by atoms with Crippen LogP contribution in [-0.2, 0) is 38.8 Å². The summed E-state index contributed by atoms with van der Waals surface area (Å²) >= 11 is 0. The van der Waals surface area contributed by atoms with E-state index in [1.165, 1.54) is 0 Å². The molecule has 0 unspecified atom stereocenters. The Balaban J connectivity index is 1.31. The molecule has 2 heterocycles. The smallest absolute Gasteiger partial charge is 0.338 e. The predicted octanol–water partition coefficient (Wildman–Crippen LogP) is 7.30. The third-order valence-electron chi connectivity index (χ3n) is 9.19. The molecule has 7 rings (SSSR count). The average molecular weight is 701 g/mol. The van der Waals surface area contributed by atoms with Gasteiger partial charge in [0, 0.05) is 13.5 Å². The van der Waals surface area contributed by atoms with E-state index in [0.717, 1.165) is 16.7 Å². The van der Waals surface area contributed by atoms with Crippen molar-refractivity contribution in [3.8, 4) is 0 Å². The van der Waals surface area contributed by atoms with Gasteiger partial charge in [0.15, 0.2) is 24.6 Å².